The average molecular weight is 292 g/mol. The van der Waals surface area contributed by atoms with Gasteiger partial charge in [-0.2, -0.15) is 11.3 Å². The molecule has 1 amide bonds. The second kappa shape index (κ2) is 6.40. The lowest BCUT2D eigenvalue weighted by Gasteiger charge is -2.12. The van der Waals surface area contributed by atoms with Crippen LogP contribution < -0.4 is 15.8 Å². The Hall–Kier alpha value is -2.05. The summed E-state index contributed by atoms with van der Waals surface area (Å²) in [5.74, 6) is 0.221. The van der Waals surface area contributed by atoms with Gasteiger partial charge in [0.2, 0.25) is 0 Å². The first-order chi connectivity index (χ1) is 9.61. The third-order valence-electron chi connectivity index (χ3n) is 2.89. The van der Waals surface area contributed by atoms with Crippen LogP contribution in [0.2, 0.25) is 0 Å². The van der Waals surface area contributed by atoms with Crippen molar-refractivity contribution in [1.82, 2.24) is 5.32 Å². The van der Waals surface area contributed by atoms with Crippen molar-refractivity contribution < 1.29 is 14.6 Å². The van der Waals surface area contributed by atoms with Crippen molar-refractivity contribution in [3.8, 4) is 5.75 Å². The second-order valence-electron chi connectivity index (χ2n) is 4.24. The molecule has 4 N–H and O–H groups in total. The van der Waals surface area contributed by atoms with Gasteiger partial charge in [-0.05, 0) is 40.6 Å². The molecule has 0 aliphatic carbocycles. The maximum atomic E-state index is 12.1. The Kier molecular flexibility index (Phi) is 4.60. The van der Waals surface area contributed by atoms with Crippen LogP contribution in [0.4, 0.5) is 5.69 Å². The van der Waals surface area contributed by atoms with Crippen molar-refractivity contribution in [2.75, 3.05) is 19.4 Å². The first-order valence-corrected chi connectivity index (χ1v) is 6.98. The molecule has 1 atom stereocenters. The summed E-state index contributed by atoms with van der Waals surface area (Å²) in [5, 5.41) is 16.3. The summed E-state index contributed by atoms with van der Waals surface area (Å²) in [6.07, 6.45) is -0.725. The van der Waals surface area contributed by atoms with Crippen LogP contribution in [0.1, 0.15) is 22.0 Å². The number of aliphatic hydroxyl groups is 1. The molecule has 2 rings (SSSR count). The van der Waals surface area contributed by atoms with E-state index in [4.69, 9.17) is 10.5 Å². The van der Waals surface area contributed by atoms with Crippen molar-refractivity contribution in [2.45, 2.75) is 6.10 Å². The molecule has 6 heteroatoms. The van der Waals surface area contributed by atoms with Crippen molar-refractivity contribution in [1.29, 1.82) is 0 Å². The fourth-order valence-electron chi connectivity index (χ4n) is 1.73. The number of rotatable bonds is 5. The molecule has 0 fully saturated rings. The van der Waals surface area contributed by atoms with Crippen molar-refractivity contribution in [3.05, 3.63) is 46.2 Å². The predicted octanol–water partition coefficient (Wildman–Crippen LogP) is 1.80. The van der Waals surface area contributed by atoms with E-state index in [-0.39, 0.29) is 12.5 Å². The topological polar surface area (TPSA) is 84.6 Å². The molecular formula is C14H16N2O3S. The van der Waals surface area contributed by atoms with Gasteiger partial charge in [0.1, 0.15) is 5.75 Å². The van der Waals surface area contributed by atoms with Gasteiger partial charge in [0.05, 0.1) is 18.8 Å². The van der Waals surface area contributed by atoms with E-state index in [9.17, 15) is 9.90 Å². The number of methoxy groups -OCH3 is 1. The number of hydrogen-bond acceptors (Lipinski definition) is 5. The molecular weight excluding hydrogens is 276 g/mol. The number of carbonyl (C=O) groups excluding carboxylic acids is 1. The van der Waals surface area contributed by atoms with Gasteiger partial charge >= 0.3 is 0 Å². The Morgan fingerprint density at radius 2 is 2.30 bits per heavy atom. The molecule has 2 aromatic rings. The van der Waals surface area contributed by atoms with Crippen LogP contribution in [-0.4, -0.2) is 24.7 Å². The van der Waals surface area contributed by atoms with Crippen LogP contribution >= 0.6 is 11.3 Å². The number of nitrogens with two attached hydrogens (primary N) is 1. The standard InChI is InChI=1S/C14H16N2O3S/c1-19-10-2-3-12(15)11(6-10)14(18)16-7-13(17)9-4-5-20-8-9/h2-6,8,13,17H,7,15H2,1H3,(H,16,18). The Morgan fingerprint density at radius 3 is 2.95 bits per heavy atom. The fraction of sp³-hybridized carbons (Fsp3) is 0.214. The molecule has 1 unspecified atom stereocenters. The third-order valence-corrected chi connectivity index (χ3v) is 3.59. The van der Waals surface area contributed by atoms with E-state index in [2.05, 4.69) is 5.32 Å². The number of hydrogen-bond donors (Lipinski definition) is 3. The summed E-state index contributed by atoms with van der Waals surface area (Å²) in [6.45, 7) is 0.131. The molecule has 0 aliphatic heterocycles. The summed E-state index contributed by atoms with van der Waals surface area (Å²) in [5.41, 5.74) is 7.26. The maximum Gasteiger partial charge on any atom is 0.253 e. The van der Waals surface area contributed by atoms with E-state index >= 15 is 0 Å². The predicted molar refractivity (Wildman–Crippen MR) is 79.0 cm³/mol. The van der Waals surface area contributed by atoms with Gasteiger partial charge in [-0.3, -0.25) is 4.79 Å². The van der Waals surface area contributed by atoms with E-state index in [0.29, 0.717) is 17.0 Å². The number of benzene rings is 1. The normalized spacial score (nSPS) is 11.9. The molecule has 0 aliphatic rings. The lowest BCUT2D eigenvalue weighted by molar-refractivity contribution is 0.0917. The number of thiophene rings is 1. The molecule has 1 aromatic carbocycles. The molecule has 20 heavy (non-hydrogen) atoms. The summed E-state index contributed by atoms with van der Waals surface area (Å²) in [6, 6.07) is 6.69. The zero-order valence-electron chi connectivity index (χ0n) is 11.0. The highest BCUT2D eigenvalue weighted by Crippen LogP contribution is 2.20. The number of anilines is 1. The third kappa shape index (κ3) is 3.28. The Bertz CT molecular complexity index is 584. The van der Waals surface area contributed by atoms with Crippen molar-refractivity contribution in [2.24, 2.45) is 0 Å². The molecule has 0 radical (unpaired) electrons. The number of ether oxygens (including phenoxy) is 1. The van der Waals surface area contributed by atoms with Crippen molar-refractivity contribution in [3.63, 3.8) is 0 Å². The largest absolute Gasteiger partial charge is 0.497 e. The highest BCUT2D eigenvalue weighted by molar-refractivity contribution is 7.07. The molecule has 5 nitrogen and oxygen atoms in total. The van der Waals surface area contributed by atoms with Crippen LogP contribution in [0, 0.1) is 0 Å². The van der Waals surface area contributed by atoms with Gasteiger partial charge < -0.3 is 20.9 Å². The quantitative estimate of drug-likeness (QED) is 0.734. The summed E-state index contributed by atoms with van der Waals surface area (Å²) in [4.78, 5) is 12.1. The summed E-state index contributed by atoms with van der Waals surface area (Å²) in [7, 11) is 1.52. The Balaban J connectivity index is 2.01. The monoisotopic (exact) mass is 292 g/mol. The second-order valence-corrected chi connectivity index (χ2v) is 5.02. The number of nitrogen functional groups attached to an aromatic ring is 1. The molecule has 106 valence electrons. The molecule has 0 saturated heterocycles. The first kappa shape index (κ1) is 14.4. The van der Waals surface area contributed by atoms with Crippen LogP contribution in [0.5, 0.6) is 5.75 Å². The smallest absolute Gasteiger partial charge is 0.253 e. The van der Waals surface area contributed by atoms with E-state index in [0.717, 1.165) is 5.56 Å². The SMILES string of the molecule is COc1ccc(N)c(C(=O)NCC(O)c2ccsc2)c1. The summed E-state index contributed by atoms with van der Waals surface area (Å²) >= 11 is 1.50. The zero-order valence-corrected chi connectivity index (χ0v) is 11.8. The first-order valence-electron chi connectivity index (χ1n) is 6.03. The van der Waals surface area contributed by atoms with Crippen molar-refractivity contribution >= 4 is 22.9 Å². The molecule has 1 aromatic heterocycles. The number of amides is 1. The van der Waals surface area contributed by atoms with E-state index < -0.39 is 6.10 Å². The number of nitrogens with one attached hydrogen (secondary N) is 1. The zero-order chi connectivity index (χ0) is 14.5. The maximum absolute atomic E-state index is 12.1. The average Bonchev–Trinajstić information content (AvgIpc) is 2.99. The lowest BCUT2D eigenvalue weighted by atomic mass is 10.1. The van der Waals surface area contributed by atoms with E-state index in [1.54, 1.807) is 18.2 Å². The van der Waals surface area contributed by atoms with Crippen LogP contribution in [0.15, 0.2) is 35.0 Å². The molecule has 0 spiro atoms. The lowest BCUT2D eigenvalue weighted by Crippen LogP contribution is -2.28. The van der Waals surface area contributed by atoms with Crippen LogP contribution in [0.3, 0.4) is 0 Å². The number of carbonyl (C=O) groups is 1. The number of aliphatic hydroxyl groups excluding tert-OH is 1. The molecule has 0 bridgehead atoms. The Morgan fingerprint density at radius 1 is 1.50 bits per heavy atom. The molecule has 1 heterocycles. The van der Waals surface area contributed by atoms with Gasteiger partial charge in [-0.1, -0.05) is 0 Å². The minimum atomic E-state index is -0.725. The molecule has 0 saturated carbocycles. The fourth-order valence-corrected chi connectivity index (χ4v) is 2.43. The van der Waals surface area contributed by atoms with Gasteiger partial charge in [-0.25, -0.2) is 0 Å². The minimum Gasteiger partial charge on any atom is -0.497 e. The van der Waals surface area contributed by atoms with Gasteiger partial charge in [0.25, 0.3) is 5.91 Å². The van der Waals surface area contributed by atoms with Gasteiger partial charge in [0, 0.05) is 12.2 Å². The highest BCUT2D eigenvalue weighted by Gasteiger charge is 2.14. The van der Waals surface area contributed by atoms with Crippen LogP contribution in [0.25, 0.3) is 0 Å². The Labute approximate surface area is 121 Å². The van der Waals surface area contributed by atoms with Gasteiger partial charge in [-0.15, -0.1) is 0 Å². The highest BCUT2D eigenvalue weighted by atomic mass is 32.1. The van der Waals surface area contributed by atoms with Crippen LogP contribution in [-0.2, 0) is 0 Å². The van der Waals surface area contributed by atoms with E-state index in [1.165, 1.54) is 18.4 Å². The minimum absolute atomic E-state index is 0.131. The van der Waals surface area contributed by atoms with E-state index in [1.807, 2.05) is 16.8 Å². The van der Waals surface area contributed by atoms with Gasteiger partial charge in [0.15, 0.2) is 0 Å². The summed E-state index contributed by atoms with van der Waals surface area (Å²) < 4.78 is 5.06.